The molecule has 4 aromatic carbocycles. The number of ether oxygens (including phenoxy) is 6. The quantitative estimate of drug-likeness (QED) is 0.0494. The smallest absolute Gasteiger partial charge is 0.387 e. The van der Waals surface area contributed by atoms with E-state index in [4.69, 9.17) is 38.0 Å². The van der Waals surface area contributed by atoms with E-state index in [0.29, 0.717) is 45.1 Å². The number of alkyl halides is 4. The number of nitrogens with zero attached hydrogens (tertiary/aromatic N) is 2. The molecule has 0 saturated carbocycles. The van der Waals surface area contributed by atoms with Gasteiger partial charge in [0.15, 0.2) is 23.0 Å². The summed E-state index contributed by atoms with van der Waals surface area (Å²) in [7, 11) is 0. The first-order valence-electron chi connectivity index (χ1n) is 19.6. The molecule has 2 amide bonds. The third kappa shape index (κ3) is 13.8. The minimum absolute atomic E-state index is 0.0712. The van der Waals surface area contributed by atoms with E-state index in [0.717, 1.165) is 0 Å². The number of nitrogens with one attached hydrogen (secondary N) is 2. The van der Waals surface area contributed by atoms with Crippen molar-refractivity contribution in [1.29, 1.82) is 0 Å². The molecule has 2 heterocycles. The van der Waals surface area contributed by atoms with Gasteiger partial charge in [0.25, 0.3) is 11.8 Å². The van der Waals surface area contributed by atoms with Gasteiger partial charge in [-0.15, -0.1) is 0 Å². The van der Waals surface area contributed by atoms with Gasteiger partial charge in [0.2, 0.25) is 11.8 Å². The maximum atomic E-state index is 12.6. The van der Waals surface area contributed by atoms with Crippen molar-refractivity contribution in [2.75, 3.05) is 39.6 Å². The summed E-state index contributed by atoms with van der Waals surface area (Å²) in [6, 6.07) is 22.0. The number of carbonyl (C=O) groups is 2. The van der Waals surface area contributed by atoms with Crippen LogP contribution in [0, 0.1) is 0 Å². The maximum Gasteiger partial charge on any atom is 0.387 e. The van der Waals surface area contributed by atoms with E-state index in [2.05, 4.69) is 30.1 Å². The predicted molar refractivity (Wildman–Crippen MR) is 220 cm³/mol. The Morgan fingerprint density at radius 1 is 0.578 bits per heavy atom. The number of para-hydroxylation sites is 2. The second kappa shape index (κ2) is 24.4. The van der Waals surface area contributed by atoms with Gasteiger partial charge in [-0.2, -0.15) is 17.6 Å². The van der Waals surface area contributed by atoms with Crippen molar-refractivity contribution in [3.8, 4) is 57.4 Å². The Kier molecular flexibility index (Phi) is 18.2. The molecule has 0 fully saturated rings. The third-order valence-corrected chi connectivity index (χ3v) is 8.34. The van der Waals surface area contributed by atoms with Crippen molar-refractivity contribution in [2.24, 2.45) is 0 Å². The van der Waals surface area contributed by atoms with E-state index in [1.54, 1.807) is 62.4 Å². The highest BCUT2D eigenvalue weighted by Gasteiger charge is 2.19. The largest absolute Gasteiger partial charge is 0.490 e. The first-order chi connectivity index (χ1) is 31.0. The lowest BCUT2D eigenvalue weighted by Gasteiger charge is -2.11. The fraction of sp³-hybridized carbons (Fsp3) is 0.273. The fourth-order valence-electron chi connectivity index (χ4n) is 5.65. The molecule has 340 valence electrons. The first-order valence-corrected chi connectivity index (χ1v) is 19.6. The van der Waals surface area contributed by atoms with Crippen LogP contribution in [0.25, 0.3) is 22.9 Å². The second-order valence-electron chi connectivity index (χ2n) is 12.7. The number of carbonyl (C=O) groups excluding carboxylic acids is 2. The van der Waals surface area contributed by atoms with Crippen LogP contribution in [-0.4, -0.2) is 84.9 Å². The molecule has 4 N–H and O–H groups in total. The van der Waals surface area contributed by atoms with Crippen LogP contribution in [0.15, 0.2) is 106 Å². The summed E-state index contributed by atoms with van der Waals surface area (Å²) < 4.78 is 91.6. The normalized spacial score (nSPS) is 10.8. The summed E-state index contributed by atoms with van der Waals surface area (Å²) in [5.41, 5.74) is 2.54. The number of amides is 2. The summed E-state index contributed by atoms with van der Waals surface area (Å²) in [6.45, 7) is -2.02. The Morgan fingerprint density at radius 3 is 1.36 bits per heavy atom. The minimum Gasteiger partial charge on any atom is -0.490 e. The molecule has 0 unspecified atom stereocenters. The van der Waals surface area contributed by atoms with E-state index in [1.807, 2.05) is 0 Å². The highest BCUT2D eigenvalue weighted by molar-refractivity contribution is 5.97. The zero-order chi connectivity index (χ0) is 45.8. The van der Waals surface area contributed by atoms with E-state index >= 15 is 0 Å². The Hall–Kier alpha value is -7.32. The summed E-state index contributed by atoms with van der Waals surface area (Å²) in [5, 5.41) is 23.3. The van der Waals surface area contributed by atoms with Crippen LogP contribution < -0.4 is 39.1 Å². The number of rotatable bonds is 22. The molecule has 0 saturated heterocycles. The molecule has 2 aromatic heterocycles. The third-order valence-electron chi connectivity index (χ3n) is 8.34. The van der Waals surface area contributed by atoms with Crippen molar-refractivity contribution in [3.63, 3.8) is 0 Å². The lowest BCUT2D eigenvalue weighted by atomic mass is 10.2. The summed E-state index contributed by atoms with van der Waals surface area (Å²) in [5.74, 6) is 0.499. The van der Waals surface area contributed by atoms with Crippen molar-refractivity contribution in [2.45, 2.75) is 40.2 Å². The number of oxazole rings is 2. The zero-order valence-corrected chi connectivity index (χ0v) is 34.4. The standard InChI is InChI=1S/2C22H22F2N2O6/c2*1-2-29-19-11-14(7-8-18(19)32-22(23)24)21-26-15(13-31-21)12-25-20(28)16-5-3-4-6-17(16)30-10-9-27/h2*3-8,11,13,22,27H,2,9-10,12H2,1H3,(H,25,28). The second-order valence-corrected chi connectivity index (χ2v) is 12.7. The number of hydrogen-bond donors (Lipinski definition) is 4. The van der Waals surface area contributed by atoms with Crippen LogP contribution in [0.3, 0.4) is 0 Å². The van der Waals surface area contributed by atoms with E-state index < -0.39 is 13.2 Å². The Bertz CT molecular complexity index is 2250. The van der Waals surface area contributed by atoms with Crippen molar-refractivity contribution in [1.82, 2.24) is 20.6 Å². The molecule has 0 radical (unpaired) electrons. The first kappa shape index (κ1) is 47.7. The summed E-state index contributed by atoms with van der Waals surface area (Å²) >= 11 is 0. The van der Waals surface area contributed by atoms with Crippen LogP contribution in [-0.2, 0) is 13.1 Å². The highest BCUT2D eigenvalue weighted by atomic mass is 19.3. The average molecular weight is 897 g/mol. The van der Waals surface area contributed by atoms with Gasteiger partial charge in [-0.1, -0.05) is 24.3 Å². The number of benzene rings is 4. The highest BCUT2D eigenvalue weighted by Crippen LogP contribution is 2.35. The van der Waals surface area contributed by atoms with Crippen LogP contribution in [0.5, 0.6) is 34.5 Å². The molecule has 6 aromatic rings. The monoisotopic (exact) mass is 896 g/mol. The average Bonchev–Trinajstić information content (AvgIpc) is 3.98. The molecular weight excluding hydrogens is 852 g/mol. The van der Waals surface area contributed by atoms with Gasteiger partial charge in [-0.25, -0.2) is 9.97 Å². The van der Waals surface area contributed by atoms with E-state index in [-0.39, 0.29) is 99.3 Å². The number of aliphatic hydroxyl groups is 2. The molecule has 6 rings (SSSR count). The molecule has 20 heteroatoms. The van der Waals surface area contributed by atoms with Gasteiger partial charge in [0.05, 0.1) is 62.0 Å². The molecular formula is C44H44F4N4O12. The van der Waals surface area contributed by atoms with Crippen molar-refractivity contribution < 1.29 is 74.6 Å². The molecule has 0 aliphatic rings. The lowest BCUT2D eigenvalue weighted by Crippen LogP contribution is -2.23. The summed E-state index contributed by atoms with van der Waals surface area (Å²) in [4.78, 5) is 33.7. The van der Waals surface area contributed by atoms with Gasteiger partial charge in [0.1, 0.15) is 37.2 Å². The molecule has 64 heavy (non-hydrogen) atoms. The predicted octanol–water partition coefficient (Wildman–Crippen LogP) is 7.29. The van der Waals surface area contributed by atoms with Crippen molar-refractivity contribution >= 4 is 11.8 Å². The Morgan fingerprint density at radius 2 is 0.984 bits per heavy atom. The van der Waals surface area contributed by atoms with Crippen LogP contribution in [0.2, 0.25) is 0 Å². The molecule has 0 aliphatic heterocycles. The van der Waals surface area contributed by atoms with Crippen molar-refractivity contribution in [3.05, 3.63) is 120 Å². The molecule has 16 nitrogen and oxygen atoms in total. The molecule has 0 atom stereocenters. The Labute approximate surface area is 363 Å². The van der Waals surface area contributed by atoms with E-state index in [9.17, 15) is 27.2 Å². The number of hydrogen-bond acceptors (Lipinski definition) is 14. The minimum atomic E-state index is -2.98. The van der Waals surface area contributed by atoms with Gasteiger partial charge in [-0.05, 0) is 74.5 Å². The summed E-state index contributed by atoms with van der Waals surface area (Å²) in [6.07, 6.45) is 2.77. The van der Waals surface area contributed by atoms with E-state index in [1.165, 1.54) is 48.9 Å². The van der Waals surface area contributed by atoms with Crippen LogP contribution in [0.1, 0.15) is 46.0 Å². The number of aliphatic hydroxyl groups excluding tert-OH is 2. The number of halogens is 4. The molecule has 0 spiro atoms. The molecule has 0 bridgehead atoms. The van der Waals surface area contributed by atoms with Gasteiger partial charge >= 0.3 is 13.2 Å². The zero-order valence-electron chi connectivity index (χ0n) is 34.4. The molecule has 0 aliphatic carbocycles. The van der Waals surface area contributed by atoms with Gasteiger partial charge < -0.3 is 58.1 Å². The maximum absolute atomic E-state index is 12.6. The van der Waals surface area contributed by atoms with Crippen LogP contribution >= 0.6 is 0 Å². The Balaban J connectivity index is 0.000000241. The van der Waals surface area contributed by atoms with Crippen LogP contribution in [0.4, 0.5) is 17.6 Å². The topological polar surface area (TPSA) is 206 Å². The fourth-order valence-corrected chi connectivity index (χ4v) is 5.65. The van der Waals surface area contributed by atoms with Gasteiger partial charge in [-0.3, -0.25) is 9.59 Å². The van der Waals surface area contributed by atoms with Gasteiger partial charge in [0, 0.05) is 11.1 Å². The SMILES string of the molecule is CCOc1cc(-c2nc(CNC(=O)c3ccccc3OCCO)co2)ccc1OC(F)F.CCOc1cc(-c2nc(CNC(=O)c3ccccc3OCCO)co2)ccc1OC(F)F. The number of aromatic nitrogens is 2. The lowest BCUT2D eigenvalue weighted by molar-refractivity contribution is -0.0520.